The molecule has 0 spiro atoms. The van der Waals surface area contributed by atoms with E-state index < -0.39 is 69.5 Å². The number of alkyl halides is 3. The second-order valence-corrected chi connectivity index (χ2v) is 12.0. The molecule has 2 aromatic carbocycles. The van der Waals surface area contributed by atoms with E-state index in [1.807, 2.05) is 0 Å². The lowest BCUT2D eigenvalue weighted by Crippen LogP contribution is -2.55. The summed E-state index contributed by atoms with van der Waals surface area (Å²) >= 11 is 0. The molecule has 1 fully saturated rings. The van der Waals surface area contributed by atoms with Gasteiger partial charge in [-0.3, -0.25) is 4.79 Å². The fourth-order valence-electron chi connectivity index (χ4n) is 5.00. The molecule has 1 heterocycles. The molecule has 0 unspecified atom stereocenters. The van der Waals surface area contributed by atoms with Crippen LogP contribution in [-0.2, 0) is 14.8 Å². The monoisotopic (exact) mass is 648 g/mol. The van der Waals surface area contributed by atoms with Crippen molar-refractivity contribution in [1.82, 2.24) is 14.9 Å². The minimum absolute atomic E-state index is 0.00233. The van der Waals surface area contributed by atoms with E-state index in [-0.39, 0.29) is 49.3 Å². The average Bonchev–Trinajstić information content (AvgIpc) is 2.94. The number of amides is 1. The van der Waals surface area contributed by atoms with Crippen molar-refractivity contribution in [2.45, 2.75) is 44.3 Å². The molecule has 2 atom stereocenters. The fraction of sp³-hybridized carbons (Fsp3) is 0.379. The van der Waals surface area contributed by atoms with E-state index >= 15 is 4.39 Å². The van der Waals surface area contributed by atoms with Gasteiger partial charge in [0, 0.05) is 55.9 Å². The topological polar surface area (TPSA) is 102 Å². The standard InChI is InChI=1S/C29H31F7N4O3S/c1-2-26(33)24(8-7-23-16-38-9-10-40(23)44(42,43)17-29(34,35)36)27(15-37)39-28(41)14-25(18-3-5-20(30)6-4-18)19-11-21(31)13-22(32)12-19/h2-6,11-13,15,23,25,37-38H,7-10,14,16-17H2,1H3,(H,39,41)/b26-2+,27-24+,37-15?/t23-,25-/m0/s1. The number of rotatable bonds is 12. The number of nitrogens with one attached hydrogen (secondary N) is 3. The van der Waals surface area contributed by atoms with Crippen LogP contribution in [0, 0.1) is 22.9 Å². The molecule has 1 aliphatic rings. The van der Waals surface area contributed by atoms with Crippen LogP contribution >= 0.6 is 0 Å². The predicted molar refractivity (Wildman–Crippen MR) is 150 cm³/mol. The van der Waals surface area contributed by atoms with Gasteiger partial charge in [-0.15, -0.1) is 0 Å². The van der Waals surface area contributed by atoms with Crippen LogP contribution in [0.2, 0.25) is 0 Å². The summed E-state index contributed by atoms with van der Waals surface area (Å²) in [6.45, 7) is 1.22. The number of nitrogens with zero attached hydrogens (tertiary/aromatic N) is 1. The van der Waals surface area contributed by atoms with E-state index in [0.717, 1.165) is 34.6 Å². The molecule has 2 aromatic rings. The average molecular weight is 649 g/mol. The van der Waals surface area contributed by atoms with Crippen LogP contribution in [-0.4, -0.2) is 62.5 Å². The highest BCUT2D eigenvalue weighted by Gasteiger charge is 2.41. The Morgan fingerprint density at radius 2 is 1.73 bits per heavy atom. The van der Waals surface area contributed by atoms with Crippen LogP contribution in [0.1, 0.15) is 43.2 Å². The summed E-state index contributed by atoms with van der Waals surface area (Å²) in [5.74, 6) is -7.07. The van der Waals surface area contributed by atoms with E-state index in [0.29, 0.717) is 17.8 Å². The molecular weight excluding hydrogens is 617 g/mol. The number of carbonyl (C=O) groups is 1. The van der Waals surface area contributed by atoms with E-state index in [2.05, 4.69) is 10.6 Å². The molecule has 0 radical (unpaired) electrons. The molecule has 1 saturated heterocycles. The van der Waals surface area contributed by atoms with Gasteiger partial charge < -0.3 is 16.0 Å². The van der Waals surface area contributed by atoms with Gasteiger partial charge in [-0.25, -0.2) is 26.0 Å². The zero-order chi connectivity index (χ0) is 32.7. The van der Waals surface area contributed by atoms with Crippen molar-refractivity contribution in [3.05, 3.63) is 94.2 Å². The number of hydrogen-bond acceptors (Lipinski definition) is 5. The van der Waals surface area contributed by atoms with Crippen LogP contribution < -0.4 is 10.6 Å². The maximum atomic E-state index is 15.0. The number of carbonyl (C=O) groups excluding carboxylic acids is 1. The summed E-state index contributed by atoms with van der Waals surface area (Å²) in [5, 5.41) is 13.1. The largest absolute Gasteiger partial charge is 0.404 e. The summed E-state index contributed by atoms with van der Waals surface area (Å²) in [5.41, 5.74) is -0.0988. The third-order valence-corrected chi connectivity index (χ3v) is 8.85. The van der Waals surface area contributed by atoms with Crippen molar-refractivity contribution < 1.29 is 43.9 Å². The fourth-order valence-corrected chi connectivity index (χ4v) is 6.58. The highest BCUT2D eigenvalue weighted by atomic mass is 32.2. The first-order valence-electron chi connectivity index (χ1n) is 13.5. The summed E-state index contributed by atoms with van der Waals surface area (Å²) in [4.78, 5) is 13.2. The van der Waals surface area contributed by atoms with E-state index in [4.69, 9.17) is 5.41 Å². The third kappa shape index (κ3) is 9.72. The number of sulfonamides is 1. The number of allylic oxidation sites excluding steroid dienone is 4. The summed E-state index contributed by atoms with van der Waals surface area (Å²) < 4.78 is 121. The Balaban J connectivity index is 1.88. The maximum absolute atomic E-state index is 15.0. The van der Waals surface area contributed by atoms with Crippen molar-refractivity contribution in [2.24, 2.45) is 0 Å². The second-order valence-electron chi connectivity index (χ2n) is 10.1. The first-order chi connectivity index (χ1) is 20.6. The molecule has 15 heteroatoms. The minimum Gasteiger partial charge on any atom is -0.324 e. The lowest BCUT2D eigenvalue weighted by atomic mass is 9.88. The molecule has 3 rings (SSSR count). The van der Waals surface area contributed by atoms with Gasteiger partial charge in [-0.1, -0.05) is 18.2 Å². The Labute approximate surface area is 250 Å². The van der Waals surface area contributed by atoms with Crippen molar-refractivity contribution in [3.63, 3.8) is 0 Å². The Morgan fingerprint density at radius 3 is 2.30 bits per heavy atom. The zero-order valence-corrected chi connectivity index (χ0v) is 24.3. The third-order valence-electron chi connectivity index (χ3n) is 6.96. The van der Waals surface area contributed by atoms with Gasteiger partial charge in [0.1, 0.15) is 23.3 Å². The normalized spacial score (nSPS) is 18.0. The van der Waals surface area contributed by atoms with Crippen LogP contribution in [0.5, 0.6) is 0 Å². The quantitative estimate of drug-likeness (QED) is 0.162. The van der Waals surface area contributed by atoms with Gasteiger partial charge in [0.25, 0.3) is 0 Å². The van der Waals surface area contributed by atoms with Crippen molar-refractivity contribution in [3.8, 4) is 0 Å². The first-order valence-corrected chi connectivity index (χ1v) is 15.1. The lowest BCUT2D eigenvalue weighted by Gasteiger charge is -2.35. The molecular formula is C29H31F7N4O3S. The van der Waals surface area contributed by atoms with Gasteiger partial charge in [-0.2, -0.15) is 17.5 Å². The van der Waals surface area contributed by atoms with Gasteiger partial charge >= 0.3 is 6.18 Å². The van der Waals surface area contributed by atoms with Crippen LogP contribution in [0.15, 0.2) is 65.6 Å². The highest BCUT2D eigenvalue weighted by molar-refractivity contribution is 7.89. The Kier molecular flexibility index (Phi) is 11.9. The molecule has 0 aliphatic carbocycles. The van der Waals surface area contributed by atoms with E-state index in [9.17, 15) is 39.6 Å². The van der Waals surface area contributed by atoms with Gasteiger partial charge in [0.05, 0.1) is 5.70 Å². The number of piperazine rings is 1. The lowest BCUT2D eigenvalue weighted by molar-refractivity contribution is -0.120. The van der Waals surface area contributed by atoms with Crippen molar-refractivity contribution >= 4 is 22.1 Å². The Bertz CT molecular complexity index is 1490. The van der Waals surface area contributed by atoms with E-state index in [1.165, 1.54) is 19.1 Å². The molecule has 44 heavy (non-hydrogen) atoms. The molecule has 0 bridgehead atoms. The summed E-state index contributed by atoms with van der Waals surface area (Å²) in [6, 6.07) is 6.59. The van der Waals surface area contributed by atoms with Gasteiger partial charge in [-0.05, 0) is 55.2 Å². The molecule has 1 amide bonds. The number of halogens is 7. The second kappa shape index (κ2) is 14.9. The van der Waals surface area contributed by atoms with Crippen LogP contribution in [0.4, 0.5) is 30.7 Å². The van der Waals surface area contributed by atoms with Gasteiger partial charge in [0.15, 0.2) is 5.75 Å². The molecule has 1 aliphatic heterocycles. The molecule has 0 aromatic heterocycles. The van der Waals surface area contributed by atoms with E-state index in [1.54, 1.807) is 0 Å². The Hall–Kier alpha value is -3.56. The maximum Gasteiger partial charge on any atom is 0.404 e. The van der Waals surface area contributed by atoms with Gasteiger partial charge in [0.2, 0.25) is 15.9 Å². The highest BCUT2D eigenvalue weighted by Crippen LogP contribution is 2.31. The number of hydrogen-bond donors (Lipinski definition) is 3. The van der Waals surface area contributed by atoms with Crippen LogP contribution in [0.25, 0.3) is 0 Å². The summed E-state index contributed by atoms with van der Waals surface area (Å²) in [7, 11) is -4.73. The first kappa shape index (κ1) is 34.9. The van der Waals surface area contributed by atoms with Crippen LogP contribution in [0.3, 0.4) is 0 Å². The van der Waals surface area contributed by atoms with Crippen molar-refractivity contribution in [2.75, 3.05) is 25.4 Å². The molecule has 3 N–H and O–H groups in total. The molecule has 240 valence electrons. The smallest absolute Gasteiger partial charge is 0.324 e. The zero-order valence-electron chi connectivity index (χ0n) is 23.5. The molecule has 0 saturated carbocycles. The van der Waals surface area contributed by atoms with Crippen molar-refractivity contribution in [1.29, 1.82) is 5.41 Å². The molecule has 7 nitrogen and oxygen atoms in total. The predicted octanol–water partition coefficient (Wildman–Crippen LogP) is 5.47. The SMILES string of the molecule is C/C=C(F)\C(CC[C@H]1CNCCN1S(=O)(=O)CC(F)(F)F)=C(/C=N)NC(=O)C[C@@H](c1ccc(F)cc1)c1cc(F)cc(F)c1. The Morgan fingerprint density at radius 1 is 1.09 bits per heavy atom. The number of benzene rings is 2. The summed E-state index contributed by atoms with van der Waals surface area (Å²) in [6.07, 6.45) is -4.12. The minimum atomic E-state index is -4.96.